The van der Waals surface area contributed by atoms with Crippen molar-refractivity contribution >= 4 is 23.6 Å². The Hall–Kier alpha value is -3.85. The van der Waals surface area contributed by atoms with Gasteiger partial charge >= 0.3 is 11.9 Å². The number of carboxylic acids is 1. The molecule has 0 saturated heterocycles. The van der Waals surface area contributed by atoms with E-state index in [4.69, 9.17) is 4.74 Å². The second kappa shape index (κ2) is 21.9. The van der Waals surface area contributed by atoms with Gasteiger partial charge in [0.15, 0.2) is 5.60 Å². The molecule has 0 bridgehead atoms. The van der Waals surface area contributed by atoms with Gasteiger partial charge in [-0.25, -0.2) is 14.0 Å². The van der Waals surface area contributed by atoms with Crippen molar-refractivity contribution in [2.24, 2.45) is 5.92 Å². The maximum absolute atomic E-state index is 14.2. The molecule has 0 radical (unpaired) electrons. The van der Waals surface area contributed by atoms with Gasteiger partial charge in [0, 0.05) is 24.8 Å². The predicted octanol–water partition coefficient (Wildman–Crippen LogP) is 7.75. The van der Waals surface area contributed by atoms with E-state index in [1.807, 2.05) is 0 Å². The van der Waals surface area contributed by atoms with Crippen molar-refractivity contribution in [2.45, 2.75) is 122 Å². The van der Waals surface area contributed by atoms with E-state index >= 15 is 0 Å². The van der Waals surface area contributed by atoms with Gasteiger partial charge in [-0.1, -0.05) is 113 Å². The third kappa shape index (κ3) is 13.3. The molecule has 0 aliphatic heterocycles. The molecule has 48 heavy (non-hydrogen) atoms. The number of carbonyl (C=O) groups is 4. The molecule has 0 aliphatic carbocycles. The van der Waals surface area contributed by atoms with E-state index < -0.39 is 35.4 Å². The number of carboxylic acid groups (broad SMARTS) is 1. The topological polar surface area (TPSA) is 130 Å². The monoisotopic (exact) mass is 667 g/mol. The standard InChI is InChI=1S/C39H54FNO7/c1-4-6-7-10-13-18-31(42)19-14-11-8-9-12-15-21-33(39(47,27-5-2)38(45)46)36(43)41-35(37(44)48-3)28-29-23-25-30(26-24-29)32-20-16-17-22-34(32)40/h15-17,20-26,33,35,47H,4-14,18-19,27-28H2,1-3H3,(H,41,43)(H,45,46)/t33-,35+,39+/m1/s1. The van der Waals surface area contributed by atoms with Gasteiger partial charge in [0.25, 0.3) is 0 Å². The summed E-state index contributed by atoms with van der Waals surface area (Å²) < 4.78 is 19.2. The zero-order chi connectivity index (χ0) is 35.4. The van der Waals surface area contributed by atoms with Crippen LogP contribution in [0.5, 0.6) is 0 Å². The quantitative estimate of drug-likeness (QED) is 0.0593. The van der Waals surface area contributed by atoms with Crippen LogP contribution in [-0.2, 0) is 30.3 Å². The highest BCUT2D eigenvalue weighted by atomic mass is 19.1. The number of nitrogens with one attached hydrogen (secondary N) is 1. The number of aliphatic carboxylic acids is 1. The van der Waals surface area contributed by atoms with Crippen molar-refractivity contribution in [3.05, 3.63) is 72.1 Å². The number of rotatable bonds is 24. The van der Waals surface area contributed by atoms with Crippen molar-refractivity contribution in [1.82, 2.24) is 5.32 Å². The van der Waals surface area contributed by atoms with Gasteiger partial charge in [-0.05, 0) is 49.3 Å². The zero-order valence-corrected chi connectivity index (χ0v) is 28.8. The second-order valence-electron chi connectivity index (χ2n) is 12.5. The van der Waals surface area contributed by atoms with Crippen molar-refractivity contribution < 1.29 is 38.5 Å². The number of Topliss-reactive ketones (excluding diaryl/α,β-unsaturated/α-hetero) is 1. The molecule has 2 aromatic rings. The molecule has 9 heteroatoms. The van der Waals surface area contributed by atoms with Crippen LogP contribution in [0.4, 0.5) is 4.39 Å². The van der Waals surface area contributed by atoms with Crippen LogP contribution in [0.25, 0.3) is 11.1 Å². The van der Waals surface area contributed by atoms with Crippen molar-refractivity contribution in [3.8, 4) is 11.1 Å². The number of ether oxygens (including phenoxy) is 1. The normalized spacial score (nSPS) is 13.9. The SMILES string of the molecule is CCCCCCCC(=O)CCCCCCC=C[C@H](C(=O)N[C@@H](Cc1ccc(-c2ccccc2F)cc1)C(=O)OC)[C@@](O)(CCC)C(=O)O. The summed E-state index contributed by atoms with van der Waals surface area (Å²) in [4.78, 5) is 50.7. The summed E-state index contributed by atoms with van der Waals surface area (Å²) in [5, 5.41) is 23.8. The molecular formula is C39H54FNO7. The largest absolute Gasteiger partial charge is 0.479 e. The van der Waals surface area contributed by atoms with E-state index in [0.717, 1.165) is 38.5 Å². The number of ketones is 1. The number of esters is 1. The van der Waals surface area contributed by atoms with Crippen LogP contribution >= 0.6 is 0 Å². The summed E-state index contributed by atoms with van der Waals surface area (Å²) in [5.41, 5.74) is -0.644. The molecule has 2 rings (SSSR count). The Balaban J connectivity index is 2.03. The van der Waals surface area contributed by atoms with Gasteiger partial charge < -0.3 is 20.3 Å². The summed E-state index contributed by atoms with van der Waals surface area (Å²) in [7, 11) is 1.19. The molecule has 0 unspecified atom stereocenters. The Morgan fingerprint density at radius 2 is 1.50 bits per heavy atom. The van der Waals surface area contributed by atoms with Crippen LogP contribution in [0, 0.1) is 11.7 Å². The first kappa shape index (κ1) is 40.3. The van der Waals surface area contributed by atoms with Gasteiger partial charge in [-0.2, -0.15) is 0 Å². The number of amides is 1. The number of methoxy groups -OCH3 is 1. The Bertz CT molecular complexity index is 1330. The van der Waals surface area contributed by atoms with Crippen LogP contribution in [0.3, 0.4) is 0 Å². The van der Waals surface area contributed by atoms with E-state index in [1.165, 1.54) is 38.5 Å². The molecule has 2 aromatic carbocycles. The van der Waals surface area contributed by atoms with Crippen LogP contribution < -0.4 is 5.32 Å². The number of benzene rings is 2. The fourth-order valence-corrected chi connectivity index (χ4v) is 5.81. The highest BCUT2D eigenvalue weighted by Gasteiger charge is 2.46. The summed E-state index contributed by atoms with van der Waals surface area (Å²) >= 11 is 0. The molecule has 0 aromatic heterocycles. The number of unbranched alkanes of at least 4 members (excludes halogenated alkanes) is 8. The first-order valence-corrected chi connectivity index (χ1v) is 17.4. The minimum atomic E-state index is -2.38. The number of halogens is 1. The van der Waals surface area contributed by atoms with E-state index in [0.29, 0.717) is 48.2 Å². The van der Waals surface area contributed by atoms with Crippen LogP contribution in [0.15, 0.2) is 60.7 Å². The van der Waals surface area contributed by atoms with Crippen LogP contribution in [-0.4, -0.2) is 52.6 Å². The van der Waals surface area contributed by atoms with Gasteiger partial charge in [-0.3, -0.25) is 9.59 Å². The first-order valence-electron chi connectivity index (χ1n) is 17.4. The van der Waals surface area contributed by atoms with Crippen molar-refractivity contribution in [2.75, 3.05) is 7.11 Å². The molecule has 0 spiro atoms. The lowest BCUT2D eigenvalue weighted by Gasteiger charge is -2.30. The minimum absolute atomic E-state index is 0.0348. The smallest absolute Gasteiger partial charge is 0.336 e. The van der Waals surface area contributed by atoms with Crippen LogP contribution in [0.2, 0.25) is 0 Å². The van der Waals surface area contributed by atoms with Gasteiger partial charge in [0.05, 0.1) is 13.0 Å². The van der Waals surface area contributed by atoms with Gasteiger partial charge in [-0.15, -0.1) is 0 Å². The molecule has 0 aliphatic rings. The molecule has 0 heterocycles. The second-order valence-corrected chi connectivity index (χ2v) is 12.5. The minimum Gasteiger partial charge on any atom is -0.479 e. The van der Waals surface area contributed by atoms with E-state index in [9.17, 15) is 33.8 Å². The fraction of sp³-hybridized carbons (Fsp3) is 0.538. The number of hydrogen-bond acceptors (Lipinski definition) is 6. The fourth-order valence-electron chi connectivity index (χ4n) is 5.81. The Kier molecular flexibility index (Phi) is 18.4. The van der Waals surface area contributed by atoms with Crippen molar-refractivity contribution in [1.29, 1.82) is 0 Å². The molecule has 0 fully saturated rings. The van der Waals surface area contributed by atoms with Crippen molar-refractivity contribution in [3.63, 3.8) is 0 Å². The summed E-state index contributed by atoms with van der Waals surface area (Å²) in [6.07, 6.45) is 14.1. The third-order valence-electron chi connectivity index (χ3n) is 8.64. The molecule has 264 valence electrons. The average molecular weight is 668 g/mol. The zero-order valence-electron chi connectivity index (χ0n) is 28.8. The maximum Gasteiger partial charge on any atom is 0.336 e. The molecule has 3 atom stereocenters. The lowest BCUT2D eigenvalue weighted by molar-refractivity contribution is -0.167. The average Bonchev–Trinajstić information content (AvgIpc) is 3.07. The third-order valence-corrected chi connectivity index (χ3v) is 8.64. The van der Waals surface area contributed by atoms with E-state index in [1.54, 1.807) is 55.5 Å². The Morgan fingerprint density at radius 3 is 2.08 bits per heavy atom. The van der Waals surface area contributed by atoms with E-state index in [-0.39, 0.29) is 18.7 Å². The van der Waals surface area contributed by atoms with Gasteiger partial charge in [0.2, 0.25) is 5.91 Å². The number of carbonyl (C=O) groups excluding carboxylic acids is 3. The van der Waals surface area contributed by atoms with Gasteiger partial charge in [0.1, 0.15) is 17.6 Å². The molecule has 0 saturated carbocycles. The lowest BCUT2D eigenvalue weighted by Crippen LogP contribution is -2.54. The molecule has 3 N–H and O–H groups in total. The highest BCUT2D eigenvalue weighted by Crippen LogP contribution is 2.27. The molecule has 1 amide bonds. The van der Waals surface area contributed by atoms with E-state index in [2.05, 4.69) is 12.2 Å². The summed E-state index contributed by atoms with van der Waals surface area (Å²) in [5.74, 6) is -4.57. The summed E-state index contributed by atoms with van der Waals surface area (Å²) in [6.45, 7) is 3.88. The Morgan fingerprint density at radius 1 is 0.875 bits per heavy atom. The highest BCUT2D eigenvalue weighted by molar-refractivity contribution is 5.92. The predicted molar refractivity (Wildman–Crippen MR) is 186 cm³/mol. The number of aliphatic hydroxyl groups is 1. The maximum atomic E-state index is 14.2. The first-order chi connectivity index (χ1) is 23.1. The Labute approximate surface area is 285 Å². The summed E-state index contributed by atoms with van der Waals surface area (Å²) in [6, 6.07) is 12.1. The molecular weight excluding hydrogens is 613 g/mol. The molecule has 8 nitrogen and oxygen atoms in total. The number of allylic oxidation sites excluding steroid dienone is 1. The van der Waals surface area contributed by atoms with Crippen LogP contribution in [0.1, 0.15) is 109 Å². The lowest BCUT2D eigenvalue weighted by atomic mass is 9.82. The number of hydrogen-bond donors (Lipinski definition) is 3.